The summed E-state index contributed by atoms with van der Waals surface area (Å²) < 4.78 is 0. The predicted molar refractivity (Wildman–Crippen MR) is 63.1 cm³/mol. The number of hydrogen-bond donors (Lipinski definition) is 1. The molecule has 0 bridgehead atoms. The van der Waals surface area contributed by atoms with Gasteiger partial charge in [-0.1, -0.05) is 0 Å². The van der Waals surface area contributed by atoms with E-state index in [1.54, 1.807) is 0 Å². The topological polar surface area (TPSA) is 28.2 Å². The molecule has 1 aromatic heterocycles. The largest absolute Gasteiger partial charge is 0.367 e. The third-order valence-electron chi connectivity index (χ3n) is 3.07. The first kappa shape index (κ1) is 10.4. The average molecular weight is 205 g/mol. The Kier molecular flexibility index (Phi) is 3.56. The summed E-state index contributed by atoms with van der Waals surface area (Å²) in [6, 6.07) is 4.85. The first-order valence-electron chi connectivity index (χ1n) is 5.79. The van der Waals surface area contributed by atoms with Gasteiger partial charge in [-0.05, 0) is 45.0 Å². The van der Waals surface area contributed by atoms with Crippen molar-refractivity contribution in [3.8, 4) is 0 Å². The Morgan fingerprint density at radius 2 is 2.27 bits per heavy atom. The summed E-state index contributed by atoms with van der Waals surface area (Å²) in [4.78, 5) is 6.66. The summed E-state index contributed by atoms with van der Waals surface area (Å²) in [5.41, 5.74) is 1.26. The van der Waals surface area contributed by atoms with Gasteiger partial charge in [-0.2, -0.15) is 0 Å². The lowest BCUT2D eigenvalue weighted by Gasteiger charge is -2.35. The third-order valence-corrected chi connectivity index (χ3v) is 3.07. The molecule has 15 heavy (non-hydrogen) atoms. The molecule has 0 radical (unpaired) electrons. The molecular formula is C12H19N3. The van der Waals surface area contributed by atoms with Gasteiger partial charge in [-0.3, -0.25) is 4.98 Å². The molecule has 0 saturated carbocycles. The molecule has 3 heteroatoms. The molecule has 1 saturated heterocycles. The molecule has 0 aromatic carbocycles. The fraction of sp³-hybridized carbons (Fsp3) is 0.583. The van der Waals surface area contributed by atoms with Gasteiger partial charge in [0.2, 0.25) is 0 Å². The lowest BCUT2D eigenvalue weighted by atomic mass is 10.0. The van der Waals surface area contributed by atoms with E-state index in [9.17, 15) is 0 Å². The number of nitrogens with zero attached hydrogens (tertiary/aromatic N) is 2. The molecule has 0 spiro atoms. The summed E-state index contributed by atoms with van der Waals surface area (Å²) >= 11 is 0. The van der Waals surface area contributed by atoms with E-state index in [0.29, 0.717) is 6.04 Å². The van der Waals surface area contributed by atoms with E-state index in [1.807, 2.05) is 18.5 Å². The molecule has 1 aromatic rings. The van der Waals surface area contributed by atoms with Crippen LogP contribution in [-0.4, -0.2) is 30.7 Å². The minimum absolute atomic E-state index is 0.681. The smallest absolute Gasteiger partial charge is 0.0555 e. The standard InChI is InChI=1S/C12H19N3/c1-2-15(11-5-8-13-9-6-11)12-4-3-7-14-10-12/h3-4,7,10-11,13H,2,5-6,8-9H2,1H3. The molecule has 0 amide bonds. The number of pyridine rings is 1. The van der Waals surface area contributed by atoms with Gasteiger partial charge in [0.15, 0.2) is 0 Å². The highest BCUT2D eigenvalue weighted by Gasteiger charge is 2.19. The van der Waals surface area contributed by atoms with Crippen LogP contribution < -0.4 is 10.2 Å². The third kappa shape index (κ3) is 2.48. The number of rotatable bonds is 3. The molecule has 2 heterocycles. The Labute approximate surface area is 91.5 Å². The molecule has 0 aliphatic carbocycles. The second-order valence-electron chi connectivity index (χ2n) is 3.98. The van der Waals surface area contributed by atoms with Crippen LogP contribution in [0.15, 0.2) is 24.5 Å². The monoisotopic (exact) mass is 205 g/mol. The maximum atomic E-state index is 4.19. The maximum absolute atomic E-state index is 4.19. The van der Waals surface area contributed by atoms with E-state index in [0.717, 1.165) is 19.6 Å². The van der Waals surface area contributed by atoms with Crippen molar-refractivity contribution >= 4 is 5.69 Å². The first-order valence-corrected chi connectivity index (χ1v) is 5.79. The number of nitrogens with one attached hydrogen (secondary N) is 1. The van der Waals surface area contributed by atoms with Crippen molar-refractivity contribution in [2.45, 2.75) is 25.8 Å². The van der Waals surface area contributed by atoms with Crippen LogP contribution in [0, 0.1) is 0 Å². The van der Waals surface area contributed by atoms with Crippen molar-refractivity contribution in [1.82, 2.24) is 10.3 Å². The number of anilines is 1. The second-order valence-corrected chi connectivity index (χ2v) is 3.98. The van der Waals surface area contributed by atoms with Gasteiger partial charge in [0.25, 0.3) is 0 Å². The minimum Gasteiger partial charge on any atom is -0.367 e. The lowest BCUT2D eigenvalue weighted by Crippen LogP contribution is -2.43. The first-order chi connectivity index (χ1) is 7.42. The number of aromatic nitrogens is 1. The van der Waals surface area contributed by atoms with Crippen LogP contribution in [-0.2, 0) is 0 Å². The van der Waals surface area contributed by atoms with Crippen molar-refractivity contribution in [3.05, 3.63) is 24.5 Å². The van der Waals surface area contributed by atoms with Gasteiger partial charge in [-0.25, -0.2) is 0 Å². The summed E-state index contributed by atoms with van der Waals surface area (Å²) in [6.07, 6.45) is 6.27. The summed E-state index contributed by atoms with van der Waals surface area (Å²) in [7, 11) is 0. The van der Waals surface area contributed by atoms with Crippen molar-refractivity contribution in [2.24, 2.45) is 0 Å². The Morgan fingerprint density at radius 1 is 1.47 bits per heavy atom. The Balaban J connectivity index is 2.09. The number of hydrogen-bond acceptors (Lipinski definition) is 3. The van der Waals surface area contributed by atoms with Gasteiger partial charge >= 0.3 is 0 Å². The van der Waals surface area contributed by atoms with Gasteiger partial charge in [0, 0.05) is 18.8 Å². The van der Waals surface area contributed by atoms with Crippen molar-refractivity contribution < 1.29 is 0 Å². The Bertz CT molecular complexity index is 280. The second kappa shape index (κ2) is 5.12. The van der Waals surface area contributed by atoms with Gasteiger partial charge < -0.3 is 10.2 Å². The molecule has 1 N–H and O–H groups in total. The Morgan fingerprint density at radius 3 is 2.87 bits per heavy atom. The van der Waals surface area contributed by atoms with Crippen LogP contribution in [0.3, 0.4) is 0 Å². The summed E-state index contributed by atoms with van der Waals surface area (Å²) in [5, 5.41) is 3.40. The van der Waals surface area contributed by atoms with Gasteiger partial charge in [0.05, 0.1) is 11.9 Å². The fourth-order valence-corrected chi connectivity index (χ4v) is 2.29. The molecular weight excluding hydrogens is 186 g/mol. The highest BCUT2D eigenvalue weighted by atomic mass is 15.2. The van der Waals surface area contributed by atoms with Gasteiger partial charge in [-0.15, -0.1) is 0 Å². The van der Waals surface area contributed by atoms with Crippen molar-refractivity contribution in [3.63, 3.8) is 0 Å². The van der Waals surface area contributed by atoms with Crippen LogP contribution in [0.4, 0.5) is 5.69 Å². The van der Waals surface area contributed by atoms with Crippen LogP contribution in [0.2, 0.25) is 0 Å². The quantitative estimate of drug-likeness (QED) is 0.813. The van der Waals surface area contributed by atoms with Crippen LogP contribution in [0.25, 0.3) is 0 Å². The summed E-state index contributed by atoms with van der Waals surface area (Å²) in [6.45, 7) is 5.56. The molecule has 3 nitrogen and oxygen atoms in total. The van der Waals surface area contributed by atoms with E-state index >= 15 is 0 Å². The van der Waals surface area contributed by atoms with E-state index in [4.69, 9.17) is 0 Å². The van der Waals surface area contributed by atoms with E-state index in [1.165, 1.54) is 18.5 Å². The fourth-order valence-electron chi connectivity index (χ4n) is 2.29. The molecule has 0 unspecified atom stereocenters. The molecule has 2 rings (SSSR count). The van der Waals surface area contributed by atoms with Crippen LogP contribution in [0.5, 0.6) is 0 Å². The predicted octanol–water partition coefficient (Wildman–Crippen LogP) is 1.66. The molecule has 0 atom stereocenters. The van der Waals surface area contributed by atoms with E-state index < -0.39 is 0 Å². The highest BCUT2D eigenvalue weighted by molar-refractivity contribution is 5.44. The Hall–Kier alpha value is -1.09. The highest BCUT2D eigenvalue weighted by Crippen LogP contribution is 2.19. The van der Waals surface area contributed by atoms with Crippen LogP contribution >= 0.6 is 0 Å². The lowest BCUT2D eigenvalue weighted by molar-refractivity contribution is 0.433. The molecule has 1 fully saturated rings. The van der Waals surface area contributed by atoms with Crippen molar-refractivity contribution in [2.75, 3.05) is 24.5 Å². The van der Waals surface area contributed by atoms with Crippen molar-refractivity contribution in [1.29, 1.82) is 0 Å². The van der Waals surface area contributed by atoms with Crippen LogP contribution in [0.1, 0.15) is 19.8 Å². The molecule has 82 valence electrons. The average Bonchev–Trinajstić information content (AvgIpc) is 2.33. The zero-order chi connectivity index (χ0) is 10.5. The van der Waals surface area contributed by atoms with Gasteiger partial charge in [0.1, 0.15) is 0 Å². The summed E-state index contributed by atoms with van der Waals surface area (Å²) in [5.74, 6) is 0. The molecule has 1 aliphatic heterocycles. The van der Waals surface area contributed by atoms with E-state index in [2.05, 4.69) is 28.2 Å². The maximum Gasteiger partial charge on any atom is 0.0555 e. The SMILES string of the molecule is CCN(c1cccnc1)C1CCNCC1. The zero-order valence-corrected chi connectivity index (χ0v) is 9.32. The zero-order valence-electron chi connectivity index (χ0n) is 9.32. The normalized spacial score (nSPS) is 17.7. The van der Waals surface area contributed by atoms with E-state index in [-0.39, 0.29) is 0 Å². The number of piperidine rings is 1. The minimum atomic E-state index is 0.681. The molecule has 1 aliphatic rings.